The fourth-order valence-corrected chi connectivity index (χ4v) is 3.67. The van der Waals surface area contributed by atoms with Gasteiger partial charge < -0.3 is 15.0 Å². The number of hydrogen-bond donors (Lipinski definition) is 2. The largest absolute Gasteiger partial charge is 0.508 e. The van der Waals surface area contributed by atoms with E-state index in [-0.39, 0.29) is 17.4 Å². The second kappa shape index (κ2) is 7.31. The highest BCUT2D eigenvalue weighted by atomic mass is 16.6. The van der Waals surface area contributed by atoms with Crippen LogP contribution in [0.25, 0.3) is 10.9 Å². The third-order valence-corrected chi connectivity index (χ3v) is 5.19. The van der Waals surface area contributed by atoms with Crippen molar-refractivity contribution in [2.75, 3.05) is 19.0 Å². The van der Waals surface area contributed by atoms with E-state index >= 15 is 0 Å². The van der Waals surface area contributed by atoms with Gasteiger partial charge in [0.1, 0.15) is 5.75 Å². The number of aromatic amines is 1. The lowest BCUT2D eigenvalue weighted by Gasteiger charge is -2.20. The van der Waals surface area contributed by atoms with Gasteiger partial charge in [-0.15, -0.1) is 0 Å². The van der Waals surface area contributed by atoms with E-state index in [1.807, 2.05) is 31.3 Å². The average molecular weight is 387 g/mol. The molecule has 29 heavy (non-hydrogen) atoms. The molecule has 0 saturated heterocycles. The molecule has 0 aliphatic rings. The van der Waals surface area contributed by atoms with Gasteiger partial charge in [0.25, 0.3) is 5.69 Å². The van der Waals surface area contributed by atoms with Crippen molar-refractivity contribution >= 4 is 22.3 Å². The van der Waals surface area contributed by atoms with Crippen molar-refractivity contribution in [1.29, 1.82) is 0 Å². The number of rotatable bonds is 5. The van der Waals surface area contributed by atoms with Gasteiger partial charge in [0.05, 0.1) is 4.92 Å². The van der Waals surface area contributed by atoms with Gasteiger partial charge in [-0.1, -0.05) is 24.3 Å². The number of H-pyrrole nitrogens is 1. The van der Waals surface area contributed by atoms with Crippen LogP contribution in [0.15, 0.2) is 72.9 Å². The molecule has 0 spiro atoms. The Labute approximate surface area is 168 Å². The first-order valence-corrected chi connectivity index (χ1v) is 9.25. The highest BCUT2D eigenvalue weighted by molar-refractivity contribution is 5.86. The van der Waals surface area contributed by atoms with Gasteiger partial charge in [0.15, 0.2) is 0 Å². The van der Waals surface area contributed by atoms with E-state index in [0.29, 0.717) is 0 Å². The van der Waals surface area contributed by atoms with Crippen LogP contribution >= 0.6 is 0 Å². The molecule has 146 valence electrons. The van der Waals surface area contributed by atoms with Crippen LogP contribution in [0, 0.1) is 10.1 Å². The second-order valence-electron chi connectivity index (χ2n) is 7.24. The van der Waals surface area contributed by atoms with Gasteiger partial charge in [0, 0.05) is 54.9 Å². The molecular weight excluding hydrogens is 366 g/mol. The van der Waals surface area contributed by atoms with Crippen LogP contribution in [-0.4, -0.2) is 29.1 Å². The minimum atomic E-state index is -0.394. The second-order valence-corrected chi connectivity index (χ2v) is 7.24. The van der Waals surface area contributed by atoms with Gasteiger partial charge in [-0.05, 0) is 47.0 Å². The Morgan fingerprint density at radius 1 is 0.966 bits per heavy atom. The maximum atomic E-state index is 11.1. The zero-order valence-electron chi connectivity index (χ0n) is 16.2. The number of nitrogens with zero attached hydrogens (tertiary/aromatic N) is 2. The molecule has 0 aliphatic heterocycles. The van der Waals surface area contributed by atoms with Crippen LogP contribution in [-0.2, 0) is 0 Å². The van der Waals surface area contributed by atoms with Gasteiger partial charge in [-0.25, -0.2) is 0 Å². The highest BCUT2D eigenvalue weighted by Crippen LogP contribution is 2.38. The zero-order chi connectivity index (χ0) is 20.5. The minimum Gasteiger partial charge on any atom is -0.508 e. The number of nitro benzene ring substituents is 1. The summed E-state index contributed by atoms with van der Waals surface area (Å²) >= 11 is 0. The van der Waals surface area contributed by atoms with Crippen molar-refractivity contribution < 1.29 is 10.0 Å². The van der Waals surface area contributed by atoms with E-state index in [9.17, 15) is 15.2 Å². The molecule has 4 rings (SSSR count). The molecule has 0 aliphatic carbocycles. The smallest absolute Gasteiger partial charge is 0.269 e. The number of non-ortho nitro benzene ring substituents is 1. The van der Waals surface area contributed by atoms with Gasteiger partial charge >= 0.3 is 0 Å². The molecule has 0 saturated carbocycles. The van der Waals surface area contributed by atoms with Crippen LogP contribution in [0.3, 0.4) is 0 Å². The number of aromatic hydroxyl groups is 1. The number of phenols is 1. The number of benzene rings is 3. The van der Waals surface area contributed by atoms with E-state index in [4.69, 9.17) is 0 Å². The predicted octanol–water partition coefficient (Wildman–Crippen LogP) is 5.03. The first-order valence-electron chi connectivity index (χ1n) is 9.25. The normalized spacial score (nSPS) is 12.1. The summed E-state index contributed by atoms with van der Waals surface area (Å²) in [5, 5.41) is 22.0. The summed E-state index contributed by atoms with van der Waals surface area (Å²) in [4.78, 5) is 16.0. The van der Waals surface area contributed by atoms with E-state index in [2.05, 4.69) is 29.2 Å². The summed E-state index contributed by atoms with van der Waals surface area (Å²) in [7, 11) is 3.98. The quantitative estimate of drug-likeness (QED) is 0.372. The summed E-state index contributed by atoms with van der Waals surface area (Å²) in [6, 6.07) is 20.1. The summed E-state index contributed by atoms with van der Waals surface area (Å²) < 4.78 is 0. The Hall–Kier alpha value is -3.80. The molecule has 0 fully saturated rings. The lowest BCUT2D eigenvalue weighted by molar-refractivity contribution is -0.384. The molecule has 1 heterocycles. The molecule has 0 bridgehead atoms. The average Bonchev–Trinajstić information content (AvgIpc) is 3.12. The van der Waals surface area contributed by atoms with E-state index in [1.165, 1.54) is 12.1 Å². The van der Waals surface area contributed by atoms with E-state index in [0.717, 1.165) is 33.3 Å². The summed E-state index contributed by atoms with van der Waals surface area (Å²) in [5.74, 6) is 0.0614. The molecule has 1 unspecified atom stereocenters. The number of phenolic OH excluding ortho intramolecular Hbond substituents is 1. The molecule has 3 aromatic carbocycles. The fraction of sp³-hybridized carbons (Fsp3) is 0.130. The maximum absolute atomic E-state index is 11.1. The first kappa shape index (κ1) is 18.6. The zero-order valence-corrected chi connectivity index (χ0v) is 16.2. The number of nitrogens with one attached hydrogen (secondary N) is 1. The summed E-state index contributed by atoms with van der Waals surface area (Å²) in [5.41, 5.74) is 5.09. The van der Waals surface area contributed by atoms with Crippen LogP contribution < -0.4 is 4.90 Å². The highest BCUT2D eigenvalue weighted by Gasteiger charge is 2.21. The molecular formula is C23H21N3O3. The minimum absolute atomic E-state index is 0.0621. The van der Waals surface area contributed by atoms with E-state index in [1.54, 1.807) is 24.3 Å². The molecule has 4 aromatic rings. The van der Waals surface area contributed by atoms with Gasteiger partial charge in [0.2, 0.25) is 0 Å². The van der Waals surface area contributed by atoms with E-state index < -0.39 is 4.92 Å². The molecule has 0 amide bonds. The Morgan fingerprint density at radius 3 is 2.17 bits per heavy atom. The van der Waals surface area contributed by atoms with Crippen molar-refractivity contribution in [3.63, 3.8) is 0 Å². The monoisotopic (exact) mass is 387 g/mol. The van der Waals surface area contributed by atoms with Crippen molar-refractivity contribution in [2.24, 2.45) is 0 Å². The molecule has 6 nitrogen and oxygen atoms in total. The lowest BCUT2D eigenvalue weighted by Crippen LogP contribution is -2.09. The van der Waals surface area contributed by atoms with Crippen LogP contribution in [0.1, 0.15) is 22.6 Å². The van der Waals surface area contributed by atoms with Gasteiger partial charge in [-0.3, -0.25) is 10.1 Å². The third kappa shape index (κ3) is 3.52. The number of fused-ring (bicyclic) bond motifs is 1. The van der Waals surface area contributed by atoms with Crippen LogP contribution in [0.2, 0.25) is 0 Å². The molecule has 1 aromatic heterocycles. The molecule has 1 atom stereocenters. The fourth-order valence-electron chi connectivity index (χ4n) is 3.67. The van der Waals surface area contributed by atoms with Crippen LogP contribution in [0.4, 0.5) is 11.4 Å². The van der Waals surface area contributed by atoms with Crippen LogP contribution in [0.5, 0.6) is 5.75 Å². The standard InChI is InChI=1S/C23H21N3O3/c1-25(2)17-7-3-15(4-8-17)23(16-5-9-18(10-6-16)26(28)29)21-14-24-22-12-11-19(27)13-20(21)22/h3-14,23-24,27H,1-2H3. The van der Waals surface area contributed by atoms with Crippen molar-refractivity contribution in [3.05, 3.63) is 99.7 Å². The topological polar surface area (TPSA) is 82.4 Å². The molecule has 2 N–H and O–H groups in total. The number of hydrogen-bond acceptors (Lipinski definition) is 4. The summed E-state index contributed by atoms with van der Waals surface area (Å²) in [6.07, 6.45) is 1.94. The molecule has 0 radical (unpaired) electrons. The van der Waals surface area contributed by atoms with Crippen molar-refractivity contribution in [2.45, 2.75) is 5.92 Å². The Balaban J connectivity index is 1.88. The third-order valence-electron chi connectivity index (χ3n) is 5.19. The van der Waals surface area contributed by atoms with Gasteiger partial charge in [-0.2, -0.15) is 0 Å². The Bertz CT molecular complexity index is 1160. The number of anilines is 1. The Morgan fingerprint density at radius 2 is 1.59 bits per heavy atom. The summed E-state index contributed by atoms with van der Waals surface area (Å²) in [6.45, 7) is 0. The first-order chi connectivity index (χ1) is 13.9. The molecule has 6 heteroatoms. The maximum Gasteiger partial charge on any atom is 0.269 e. The lowest BCUT2D eigenvalue weighted by atomic mass is 9.85. The predicted molar refractivity (Wildman–Crippen MR) is 115 cm³/mol. The number of nitro groups is 1. The SMILES string of the molecule is CN(C)c1ccc(C(c2ccc([N+](=O)[O-])cc2)c2c[nH]c3ccc(O)cc23)cc1. The van der Waals surface area contributed by atoms with Crippen molar-refractivity contribution in [3.8, 4) is 5.75 Å². The number of aromatic nitrogens is 1. The Kier molecular flexibility index (Phi) is 4.68. The van der Waals surface area contributed by atoms with Crippen molar-refractivity contribution in [1.82, 2.24) is 4.98 Å².